The number of benzene rings is 3. The van der Waals surface area contributed by atoms with Crippen LogP contribution in [0.5, 0.6) is 0 Å². The summed E-state index contributed by atoms with van der Waals surface area (Å²) < 4.78 is 2.12. The zero-order valence-electron chi connectivity index (χ0n) is 18.0. The molecule has 5 rings (SSSR count). The monoisotopic (exact) mass is 472 g/mol. The molecule has 1 aliphatic heterocycles. The van der Waals surface area contributed by atoms with Crippen LogP contribution in [-0.4, -0.2) is 28.3 Å². The number of nitrogens with zero attached hydrogens (tertiary/aromatic N) is 1. The van der Waals surface area contributed by atoms with Gasteiger partial charge < -0.3 is 20.5 Å². The summed E-state index contributed by atoms with van der Waals surface area (Å²) in [5, 5.41) is 9.85. The van der Waals surface area contributed by atoms with Gasteiger partial charge in [-0.1, -0.05) is 35.9 Å². The van der Waals surface area contributed by atoms with Crippen LogP contribution in [-0.2, 0) is 16.1 Å². The first-order chi connectivity index (χ1) is 16.5. The summed E-state index contributed by atoms with van der Waals surface area (Å²) in [6, 6.07) is 21.1. The third kappa shape index (κ3) is 4.51. The van der Waals surface area contributed by atoms with Gasteiger partial charge in [0, 0.05) is 34.4 Å². The number of nitrogens with one attached hydrogen (secondary N) is 3. The van der Waals surface area contributed by atoms with E-state index in [0.717, 1.165) is 16.5 Å². The lowest BCUT2D eigenvalue weighted by atomic mass is 10.1. The molecule has 0 aliphatic carbocycles. The Hall–Kier alpha value is -4.10. The van der Waals surface area contributed by atoms with Gasteiger partial charge in [0.15, 0.2) is 0 Å². The minimum Gasteiger partial charge on any atom is -0.343 e. The van der Waals surface area contributed by atoms with Gasteiger partial charge in [0.05, 0.1) is 17.7 Å². The quantitative estimate of drug-likeness (QED) is 0.401. The van der Waals surface area contributed by atoms with Crippen LogP contribution in [0.4, 0.5) is 11.4 Å². The Morgan fingerprint density at radius 1 is 1.00 bits per heavy atom. The van der Waals surface area contributed by atoms with Crippen LogP contribution in [0, 0.1) is 0 Å². The van der Waals surface area contributed by atoms with Crippen LogP contribution in [0.3, 0.4) is 0 Å². The molecule has 2 heterocycles. The van der Waals surface area contributed by atoms with Gasteiger partial charge in [-0.3, -0.25) is 14.4 Å². The van der Waals surface area contributed by atoms with Crippen LogP contribution in [0.1, 0.15) is 22.3 Å². The molecule has 1 aliphatic rings. The molecular formula is C26H21ClN4O3. The fraction of sp³-hybridized carbons (Fsp3) is 0.115. The summed E-state index contributed by atoms with van der Waals surface area (Å²) >= 11 is 5.97. The van der Waals surface area contributed by atoms with Crippen LogP contribution in [0.25, 0.3) is 10.9 Å². The first-order valence-electron chi connectivity index (χ1n) is 10.8. The van der Waals surface area contributed by atoms with Crippen molar-refractivity contribution in [2.45, 2.75) is 19.0 Å². The molecule has 7 nitrogen and oxygen atoms in total. The van der Waals surface area contributed by atoms with E-state index in [0.29, 0.717) is 28.5 Å². The largest absolute Gasteiger partial charge is 0.343 e. The minimum atomic E-state index is -0.968. The number of halogens is 1. The number of fused-ring (bicyclic) bond motifs is 2. The number of aromatic nitrogens is 1. The molecule has 34 heavy (non-hydrogen) atoms. The molecule has 1 aromatic heterocycles. The van der Waals surface area contributed by atoms with E-state index >= 15 is 0 Å². The molecule has 4 aromatic rings. The summed E-state index contributed by atoms with van der Waals surface area (Å²) in [5.41, 5.74) is 3.57. The lowest BCUT2D eigenvalue weighted by molar-refractivity contribution is -0.122. The van der Waals surface area contributed by atoms with E-state index < -0.39 is 17.9 Å². The predicted octanol–water partition coefficient (Wildman–Crippen LogP) is 4.42. The maximum Gasteiger partial charge on any atom is 0.254 e. The van der Waals surface area contributed by atoms with Gasteiger partial charge >= 0.3 is 0 Å². The molecule has 0 unspecified atom stereocenters. The second kappa shape index (κ2) is 9.03. The van der Waals surface area contributed by atoms with Gasteiger partial charge in [0.2, 0.25) is 11.8 Å². The van der Waals surface area contributed by atoms with Crippen LogP contribution < -0.4 is 16.0 Å². The fourth-order valence-corrected chi connectivity index (χ4v) is 4.18. The number of carbonyl (C=O) groups is 3. The van der Waals surface area contributed by atoms with E-state index in [2.05, 4.69) is 20.5 Å². The van der Waals surface area contributed by atoms with Crippen molar-refractivity contribution in [1.82, 2.24) is 9.88 Å². The highest BCUT2D eigenvalue weighted by atomic mass is 35.5. The van der Waals surface area contributed by atoms with E-state index in [1.807, 2.05) is 54.7 Å². The molecule has 1 atom stereocenters. The highest BCUT2D eigenvalue weighted by Crippen LogP contribution is 2.23. The molecule has 8 heteroatoms. The Bertz CT molecular complexity index is 1410. The Kier molecular flexibility index (Phi) is 5.77. The number of anilines is 2. The predicted molar refractivity (Wildman–Crippen MR) is 132 cm³/mol. The number of para-hydroxylation sites is 1. The van der Waals surface area contributed by atoms with E-state index in [1.54, 1.807) is 24.3 Å². The van der Waals surface area contributed by atoms with Crippen molar-refractivity contribution in [2.24, 2.45) is 0 Å². The molecule has 0 bridgehead atoms. The van der Waals surface area contributed by atoms with Crippen LogP contribution in [0.15, 0.2) is 79.0 Å². The van der Waals surface area contributed by atoms with E-state index in [4.69, 9.17) is 11.6 Å². The molecule has 3 amide bonds. The molecule has 3 aromatic carbocycles. The van der Waals surface area contributed by atoms with Crippen molar-refractivity contribution >= 4 is 51.6 Å². The molecule has 0 fully saturated rings. The van der Waals surface area contributed by atoms with E-state index in [9.17, 15) is 14.4 Å². The van der Waals surface area contributed by atoms with Crippen LogP contribution in [0.2, 0.25) is 5.02 Å². The first-order valence-corrected chi connectivity index (χ1v) is 11.2. The maximum absolute atomic E-state index is 12.7. The Morgan fingerprint density at radius 3 is 2.62 bits per heavy atom. The third-order valence-electron chi connectivity index (χ3n) is 5.76. The molecule has 0 saturated heterocycles. The third-order valence-corrected chi connectivity index (χ3v) is 6.01. The Balaban J connectivity index is 1.26. The Labute approximate surface area is 200 Å². The standard InChI is InChI=1S/C26H21ClN4O3/c27-18-7-5-16(6-8-18)15-31-12-11-17-13-19(9-10-23(17)31)28-24(32)14-22-26(34)29-21-4-2-1-3-20(21)25(33)30-22/h1-13,22H,14-15H2,(H,28,32)(H,29,34)(H,30,33)/t22-/m0/s1. The van der Waals surface area contributed by atoms with Gasteiger partial charge in [-0.2, -0.15) is 0 Å². The SMILES string of the molecule is O=C(C[C@@H]1NC(=O)c2ccccc2NC1=O)Nc1ccc2c(ccn2Cc2ccc(Cl)cc2)c1. The average molecular weight is 473 g/mol. The molecule has 170 valence electrons. The summed E-state index contributed by atoms with van der Waals surface area (Å²) in [4.78, 5) is 37.7. The fourth-order valence-electron chi connectivity index (χ4n) is 4.05. The van der Waals surface area contributed by atoms with Gasteiger partial charge in [-0.15, -0.1) is 0 Å². The Morgan fingerprint density at radius 2 is 1.79 bits per heavy atom. The molecular weight excluding hydrogens is 452 g/mol. The zero-order valence-corrected chi connectivity index (χ0v) is 18.8. The van der Waals surface area contributed by atoms with Gasteiger partial charge in [0.1, 0.15) is 6.04 Å². The van der Waals surface area contributed by atoms with Crippen molar-refractivity contribution in [2.75, 3.05) is 10.6 Å². The zero-order chi connectivity index (χ0) is 23.7. The lowest BCUT2D eigenvalue weighted by Gasteiger charge is -2.14. The summed E-state index contributed by atoms with van der Waals surface area (Å²) in [5.74, 6) is -1.19. The second-order valence-corrected chi connectivity index (χ2v) is 8.59. The maximum atomic E-state index is 12.7. The normalized spacial score (nSPS) is 15.3. The van der Waals surface area contributed by atoms with Crippen molar-refractivity contribution in [3.8, 4) is 0 Å². The summed E-state index contributed by atoms with van der Waals surface area (Å²) in [6.07, 6.45) is 1.81. The van der Waals surface area contributed by atoms with Gasteiger partial charge in [0.25, 0.3) is 5.91 Å². The highest BCUT2D eigenvalue weighted by molar-refractivity contribution is 6.30. The number of rotatable bonds is 5. The van der Waals surface area contributed by atoms with Crippen molar-refractivity contribution in [3.63, 3.8) is 0 Å². The van der Waals surface area contributed by atoms with Crippen molar-refractivity contribution in [3.05, 3.63) is 95.1 Å². The van der Waals surface area contributed by atoms with Crippen molar-refractivity contribution < 1.29 is 14.4 Å². The molecule has 0 saturated carbocycles. The lowest BCUT2D eigenvalue weighted by Crippen LogP contribution is -2.43. The topological polar surface area (TPSA) is 92.2 Å². The smallest absolute Gasteiger partial charge is 0.254 e. The molecule has 3 N–H and O–H groups in total. The number of amides is 3. The van der Waals surface area contributed by atoms with E-state index in [1.165, 1.54) is 0 Å². The first kappa shape index (κ1) is 21.7. The number of hydrogen-bond donors (Lipinski definition) is 3. The van der Waals surface area contributed by atoms with Gasteiger partial charge in [-0.25, -0.2) is 0 Å². The molecule has 0 radical (unpaired) electrons. The number of hydrogen-bond acceptors (Lipinski definition) is 3. The van der Waals surface area contributed by atoms with Crippen molar-refractivity contribution in [1.29, 1.82) is 0 Å². The highest BCUT2D eigenvalue weighted by Gasteiger charge is 2.29. The average Bonchev–Trinajstić information content (AvgIpc) is 3.17. The second-order valence-electron chi connectivity index (χ2n) is 8.16. The van der Waals surface area contributed by atoms with Crippen LogP contribution >= 0.6 is 11.6 Å². The van der Waals surface area contributed by atoms with E-state index in [-0.39, 0.29) is 12.3 Å². The minimum absolute atomic E-state index is 0.179. The van der Waals surface area contributed by atoms with Gasteiger partial charge in [-0.05, 0) is 54.1 Å². The summed E-state index contributed by atoms with van der Waals surface area (Å²) in [7, 11) is 0. The number of carbonyl (C=O) groups excluding carboxylic acids is 3. The molecule has 0 spiro atoms. The summed E-state index contributed by atoms with van der Waals surface area (Å²) in [6.45, 7) is 0.700.